The maximum absolute atomic E-state index is 6.13. The van der Waals surface area contributed by atoms with E-state index in [1.165, 1.54) is 11.1 Å². The van der Waals surface area contributed by atoms with Gasteiger partial charge in [0.05, 0.1) is 12.1 Å². The first kappa shape index (κ1) is 13.3. The normalized spacial score (nSPS) is 12.9. The van der Waals surface area contributed by atoms with Crippen molar-refractivity contribution >= 4 is 11.6 Å². The smallest absolute Gasteiger partial charge is 0.137 e. The Bertz CT molecular complexity index is 363. The summed E-state index contributed by atoms with van der Waals surface area (Å²) in [5, 5.41) is 4.13. The fourth-order valence-corrected chi connectivity index (χ4v) is 2.13. The standard InChI is InChI=1S/C13H20ClNO/c1-8(2)15-10(4)11-7-12(14)13(16-5)6-9(11)3/h6-8,10,15H,1-5H3. The van der Waals surface area contributed by atoms with Crippen molar-refractivity contribution < 1.29 is 4.74 Å². The molecule has 0 aliphatic heterocycles. The number of aryl methyl sites for hydroxylation is 1. The van der Waals surface area contributed by atoms with E-state index in [0.29, 0.717) is 17.1 Å². The summed E-state index contributed by atoms with van der Waals surface area (Å²) < 4.78 is 5.19. The third-order valence-corrected chi connectivity index (χ3v) is 2.89. The molecule has 0 saturated heterocycles. The van der Waals surface area contributed by atoms with Crippen LogP contribution in [0.4, 0.5) is 0 Å². The van der Waals surface area contributed by atoms with Crippen LogP contribution in [0.1, 0.15) is 37.9 Å². The van der Waals surface area contributed by atoms with E-state index in [4.69, 9.17) is 16.3 Å². The number of methoxy groups -OCH3 is 1. The lowest BCUT2D eigenvalue weighted by Crippen LogP contribution is -2.26. The lowest BCUT2D eigenvalue weighted by molar-refractivity contribution is 0.414. The highest BCUT2D eigenvalue weighted by atomic mass is 35.5. The summed E-state index contributed by atoms with van der Waals surface area (Å²) in [7, 11) is 1.64. The van der Waals surface area contributed by atoms with Gasteiger partial charge in [0.15, 0.2) is 0 Å². The minimum absolute atomic E-state index is 0.295. The molecule has 90 valence electrons. The zero-order valence-corrected chi connectivity index (χ0v) is 11.4. The van der Waals surface area contributed by atoms with Crippen molar-refractivity contribution in [2.75, 3.05) is 7.11 Å². The predicted molar refractivity (Wildman–Crippen MR) is 69.4 cm³/mol. The predicted octanol–water partition coefficient (Wildman–Crippen LogP) is 3.72. The number of hydrogen-bond acceptors (Lipinski definition) is 2. The molecular formula is C13H20ClNO. The zero-order chi connectivity index (χ0) is 12.3. The monoisotopic (exact) mass is 241 g/mol. The molecule has 0 bridgehead atoms. The summed E-state index contributed by atoms with van der Waals surface area (Å²) in [6, 6.07) is 4.71. The minimum Gasteiger partial charge on any atom is -0.495 e. The summed E-state index contributed by atoms with van der Waals surface area (Å²) in [6.07, 6.45) is 0. The molecule has 0 saturated carbocycles. The highest BCUT2D eigenvalue weighted by Gasteiger charge is 2.12. The first-order valence-electron chi connectivity index (χ1n) is 5.55. The van der Waals surface area contributed by atoms with E-state index in [2.05, 4.69) is 33.0 Å². The Morgan fingerprint density at radius 2 is 1.88 bits per heavy atom. The maximum atomic E-state index is 6.13. The number of halogens is 1. The number of rotatable bonds is 4. The average molecular weight is 242 g/mol. The maximum Gasteiger partial charge on any atom is 0.137 e. The van der Waals surface area contributed by atoms with E-state index >= 15 is 0 Å². The molecule has 1 rings (SSSR count). The second kappa shape index (κ2) is 5.55. The molecule has 1 N–H and O–H groups in total. The lowest BCUT2D eigenvalue weighted by atomic mass is 10.0. The van der Waals surface area contributed by atoms with Gasteiger partial charge in [-0.25, -0.2) is 0 Å². The van der Waals surface area contributed by atoms with Gasteiger partial charge in [0.25, 0.3) is 0 Å². The van der Waals surface area contributed by atoms with Crippen molar-refractivity contribution in [3.8, 4) is 5.75 Å². The second-order valence-corrected chi connectivity index (χ2v) is 4.79. The highest BCUT2D eigenvalue weighted by molar-refractivity contribution is 6.32. The van der Waals surface area contributed by atoms with Crippen molar-refractivity contribution in [2.45, 2.75) is 39.8 Å². The quantitative estimate of drug-likeness (QED) is 0.868. The molecule has 16 heavy (non-hydrogen) atoms. The highest BCUT2D eigenvalue weighted by Crippen LogP contribution is 2.30. The Labute approximate surface area is 103 Å². The van der Waals surface area contributed by atoms with Gasteiger partial charge in [-0.15, -0.1) is 0 Å². The summed E-state index contributed by atoms with van der Waals surface area (Å²) in [5.41, 5.74) is 2.42. The molecule has 0 aliphatic carbocycles. The minimum atomic E-state index is 0.295. The summed E-state index contributed by atoms with van der Waals surface area (Å²) >= 11 is 6.13. The average Bonchev–Trinajstić information content (AvgIpc) is 2.19. The van der Waals surface area contributed by atoms with Crippen LogP contribution in [0.3, 0.4) is 0 Å². The van der Waals surface area contributed by atoms with Crippen molar-refractivity contribution in [1.82, 2.24) is 5.32 Å². The lowest BCUT2D eigenvalue weighted by Gasteiger charge is -2.20. The van der Waals surface area contributed by atoms with Crippen LogP contribution < -0.4 is 10.1 Å². The van der Waals surface area contributed by atoms with E-state index in [1.54, 1.807) is 7.11 Å². The van der Waals surface area contributed by atoms with Crippen LogP contribution in [-0.4, -0.2) is 13.2 Å². The van der Waals surface area contributed by atoms with Crippen LogP contribution >= 0.6 is 11.6 Å². The molecule has 0 fully saturated rings. The molecule has 1 aromatic carbocycles. The van der Waals surface area contributed by atoms with E-state index in [1.807, 2.05) is 12.1 Å². The summed E-state index contributed by atoms with van der Waals surface area (Å²) in [6.45, 7) is 8.49. The molecule has 1 unspecified atom stereocenters. The van der Waals surface area contributed by atoms with Gasteiger partial charge < -0.3 is 10.1 Å². The van der Waals surface area contributed by atoms with Crippen LogP contribution in [-0.2, 0) is 0 Å². The number of ether oxygens (including phenoxy) is 1. The van der Waals surface area contributed by atoms with Crippen LogP contribution in [0.5, 0.6) is 5.75 Å². The third kappa shape index (κ3) is 3.13. The molecule has 0 spiro atoms. The van der Waals surface area contributed by atoms with Crippen LogP contribution in [0.25, 0.3) is 0 Å². The topological polar surface area (TPSA) is 21.3 Å². The Morgan fingerprint density at radius 1 is 1.25 bits per heavy atom. The van der Waals surface area contributed by atoms with Crippen molar-refractivity contribution in [3.63, 3.8) is 0 Å². The SMILES string of the molecule is COc1cc(C)c(C(C)NC(C)C)cc1Cl. The molecule has 3 heteroatoms. The van der Waals surface area contributed by atoms with Gasteiger partial charge in [0, 0.05) is 12.1 Å². The molecule has 0 aromatic heterocycles. The van der Waals surface area contributed by atoms with Gasteiger partial charge in [-0.05, 0) is 37.1 Å². The van der Waals surface area contributed by atoms with Gasteiger partial charge >= 0.3 is 0 Å². The van der Waals surface area contributed by atoms with Gasteiger partial charge in [0.2, 0.25) is 0 Å². The van der Waals surface area contributed by atoms with Crippen molar-refractivity contribution in [2.24, 2.45) is 0 Å². The van der Waals surface area contributed by atoms with Crippen LogP contribution in [0.15, 0.2) is 12.1 Å². The third-order valence-electron chi connectivity index (χ3n) is 2.59. The summed E-state index contributed by atoms with van der Waals surface area (Å²) in [4.78, 5) is 0. The van der Waals surface area contributed by atoms with E-state index in [0.717, 1.165) is 5.75 Å². The summed E-state index contributed by atoms with van der Waals surface area (Å²) in [5.74, 6) is 0.736. The zero-order valence-electron chi connectivity index (χ0n) is 10.6. The molecule has 0 heterocycles. The van der Waals surface area contributed by atoms with Crippen molar-refractivity contribution in [1.29, 1.82) is 0 Å². The number of hydrogen-bond donors (Lipinski definition) is 1. The molecule has 1 atom stereocenters. The van der Waals surface area contributed by atoms with Crippen molar-refractivity contribution in [3.05, 3.63) is 28.3 Å². The van der Waals surface area contributed by atoms with E-state index in [-0.39, 0.29) is 0 Å². The molecule has 0 aliphatic rings. The van der Waals surface area contributed by atoms with E-state index in [9.17, 15) is 0 Å². The Kier molecular flexibility index (Phi) is 4.63. The molecular weight excluding hydrogens is 222 g/mol. The fraction of sp³-hybridized carbons (Fsp3) is 0.538. The van der Waals surface area contributed by atoms with E-state index < -0.39 is 0 Å². The van der Waals surface area contributed by atoms with Crippen LogP contribution in [0.2, 0.25) is 5.02 Å². The Balaban J connectivity index is 3.01. The number of benzene rings is 1. The molecule has 2 nitrogen and oxygen atoms in total. The van der Waals surface area contributed by atoms with Gasteiger partial charge in [-0.2, -0.15) is 0 Å². The molecule has 0 amide bonds. The fourth-order valence-electron chi connectivity index (χ4n) is 1.88. The first-order valence-corrected chi connectivity index (χ1v) is 5.93. The second-order valence-electron chi connectivity index (χ2n) is 4.39. The van der Waals surface area contributed by atoms with Gasteiger partial charge in [0.1, 0.15) is 5.75 Å². The Morgan fingerprint density at radius 3 is 2.38 bits per heavy atom. The van der Waals surface area contributed by atoms with Gasteiger partial charge in [-0.3, -0.25) is 0 Å². The largest absolute Gasteiger partial charge is 0.495 e. The van der Waals surface area contributed by atoms with Gasteiger partial charge in [-0.1, -0.05) is 25.4 Å². The van der Waals surface area contributed by atoms with Crippen LogP contribution in [0, 0.1) is 6.92 Å². The molecule has 1 aromatic rings. The first-order chi connectivity index (χ1) is 7.45. The molecule has 0 radical (unpaired) electrons. The number of nitrogens with one attached hydrogen (secondary N) is 1. The Hall–Kier alpha value is -0.730.